The Balaban J connectivity index is 2.10. The van der Waals surface area contributed by atoms with Crippen LogP contribution in [-0.4, -0.2) is 24.4 Å². The fraction of sp³-hybridized carbons (Fsp3) is 0.429. The van der Waals surface area contributed by atoms with E-state index in [1.807, 2.05) is 6.92 Å². The highest BCUT2D eigenvalue weighted by molar-refractivity contribution is 7.98. The average Bonchev–Trinajstić information content (AvgIpc) is 2.82. The summed E-state index contributed by atoms with van der Waals surface area (Å²) in [6, 6.07) is 0. The Bertz CT molecular complexity index is 533. The molecule has 0 saturated carbocycles. The minimum absolute atomic E-state index is 0.201. The molecule has 0 fully saturated rings. The van der Waals surface area contributed by atoms with Crippen LogP contribution in [0.3, 0.4) is 0 Å². The molecule has 0 aliphatic rings. The number of rotatable bonds is 4. The number of nitrogens with zero attached hydrogens (tertiary/aromatic N) is 4. The highest BCUT2D eigenvalue weighted by atomic mass is 35.5. The molecule has 2 heterocycles. The first-order valence-electron chi connectivity index (χ1n) is 4.47. The molecule has 0 amide bonds. The molecule has 0 bridgehead atoms. The molecule has 9 heteroatoms. The second-order valence-electron chi connectivity index (χ2n) is 2.84. The molecule has 2 rings (SSSR count). The van der Waals surface area contributed by atoms with Crippen LogP contribution in [-0.2, 0) is 12.3 Å². The first-order valence-corrected chi connectivity index (χ1v) is 6.60. The van der Waals surface area contributed by atoms with Gasteiger partial charge in [-0.15, -0.1) is 10.2 Å². The maximum atomic E-state index is 11.3. The van der Waals surface area contributed by atoms with E-state index in [2.05, 4.69) is 19.8 Å². The highest BCUT2D eigenvalue weighted by Crippen LogP contribution is 2.25. The highest BCUT2D eigenvalue weighted by Gasteiger charge is 2.10. The molecule has 6 nitrogen and oxygen atoms in total. The van der Waals surface area contributed by atoms with Gasteiger partial charge in [0.05, 0.1) is 0 Å². The summed E-state index contributed by atoms with van der Waals surface area (Å²) in [5.41, 5.74) is 0.516. The van der Waals surface area contributed by atoms with Gasteiger partial charge in [0.15, 0.2) is 5.16 Å². The number of halogens is 1. The fourth-order valence-corrected chi connectivity index (χ4v) is 2.85. The van der Waals surface area contributed by atoms with E-state index in [0.29, 0.717) is 21.8 Å². The molecule has 86 valence electrons. The van der Waals surface area contributed by atoms with Crippen LogP contribution in [0.4, 0.5) is 0 Å². The minimum Gasteiger partial charge on any atom is -0.270 e. The number of thioether (sulfide) groups is 1. The number of aromatic amines is 1. The molecule has 0 aromatic carbocycles. The topological polar surface area (TPSA) is 76.5 Å². The largest absolute Gasteiger partial charge is 0.343 e. The lowest BCUT2D eigenvalue weighted by Gasteiger charge is -1.99. The van der Waals surface area contributed by atoms with Crippen LogP contribution in [0.2, 0.25) is 4.34 Å². The third kappa shape index (κ3) is 2.28. The summed E-state index contributed by atoms with van der Waals surface area (Å²) >= 11 is 8.42. The number of hydrogen-bond donors (Lipinski definition) is 1. The smallest absolute Gasteiger partial charge is 0.270 e. The van der Waals surface area contributed by atoms with E-state index in [1.54, 1.807) is 4.57 Å². The molecule has 0 aliphatic heterocycles. The average molecular weight is 278 g/mol. The molecule has 0 atom stereocenters. The van der Waals surface area contributed by atoms with Gasteiger partial charge in [-0.25, -0.2) is 9.89 Å². The lowest BCUT2D eigenvalue weighted by atomic mass is 10.6. The molecular weight excluding hydrogens is 270 g/mol. The third-order valence-electron chi connectivity index (χ3n) is 1.89. The molecular formula is C7H8ClN5OS2. The van der Waals surface area contributed by atoms with Crippen molar-refractivity contribution in [3.8, 4) is 0 Å². The molecule has 16 heavy (non-hydrogen) atoms. The van der Waals surface area contributed by atoms with Gasteiger partial charge < -0.3 is 0 Å². The Kier molecular flexibility index (Phi) is 3.62. The Labute approximate surface area is 104 Å². The number of H-pyrrole nitrogens is 1. The van der Waals surface area contributed by atoms with Crippen LogP contribution >= 0.6 is 34.9 Å². The first-order chi connectivity index (χ1) is 7.72. The van der Waals surface area contributed by atoms with E-state index in [9.17, 15) is 4.79 Å². The standard InChI is InChI=1S/C7H8ClN5OS2/c1-2-13-6(14)10-11-7(13)15-3-4-5(8)16-12-9-4/h2-3H2,1H3,(H,10,14). The number of hydrogen-bond acceptors (Lipinski definition) is 6. The SMILES string of the molecule is CCn1c(SCc2nnsc2Cl)n[nH]c1=O. The Morgan fingerprint density at radius 2 is 2.44 bits per heavy atom. The van der Waals surface area contributed by atoms with Crippen molar-refractivity contribution in [1.82, 2.24) is 24.4 Å². The van der Waals surface area contributed by atoms with E-state index >= 15 is 0 Å². The molecule has 1 N–H and O–H groups in total. The first kappa shape index (κ1) is 11.6. The van der Waals surface area contributed by atoms with Gasteiger partial charge in [0, 0.05) is 23.8 Å². The molecule has 0 saturated heterocycles. The maximum absolute atomic E-state index is 11.3. The van der Waals surface area contributed by atoms with E-state index in [1.165, 1.54) is 11.8 Å². The molecule has 2 aromatic rings. The Morgan fingerprint density at radius 3 is 3.06 bits per heavy atom. The van der Waals surface area contributed by atoms with E-state index in [-0.39, 0.29) is 5.69 Å². The van der Waals surface area contributed by atoms with Crippen LogP contribution in [0.1, 0.15) is 12.6 Å². The quantitative estimate of drug-likeness (QED) is 0.855. The predicted molar refractivity (Wildman–Crippen MR) is 63.0 cm³/mol. The van der Waals surface area contributed by atoms with Gasteiger partial charge in [-0.05, 0) is 6.92 Å². The minimum atomic E-state index is -0.201. The third-order valence-corrected chi connectivity index (χ3v) is 3.86. The van der Waals surface area contributed by atoms with E-state index in [4.69, 9.17) is 11.6 Å². The summed E-state index contributed by atoms with van der Waals surface area (Å²) in [5.74, 6) is 0.555. The summed E-state index contributed by atoms with van der Waals surface area (Å²) in [5, 5.41) is 10.8. The summed E-state index contributed by atoms with van der Waals surface area (Å²) in [6.07, 6.45) is 0. The molecule has 0 unspecified atom stereocenters. The summed E-state index contributed by atoms with van der Waals surface area (Å²) in [7, 11) is 0. The van der Waals surface area contributed by atoms with Crippen LogP contribution < -0.4 is 5.69 Å². The van der Waals surface area contributed by atoms with Crippen LogP contribution in [0.5, 0.6) is 0 Å². The van der Waals surface area contributed by atoms with Gasteiger partial charge in [-0.3, -0.25) is 4.57 Å². The van der Waals surface area contributed by atoms with Gasteiger partial charge in [0.25, 0.3) is 0 Å². The van der Waals surface area contributed by atoms with Crippen molar-refractivity contribution in [3.05, 3.63) is 20.5 Å². The fourth-order valence-electron chi connectivity index (χ4n) is 1.11. The summed E-state index contributed by atoms with van der Waals surface area (Å²) in [6.45, 7) is 2.47. The Hall–Kier alpha value is -0.860. The molecule has 0 radical (unpaired) electrons. The van der Waals surface area contributed by atoms with Gasteiger partial charge in [0.2, 0.25) is 0 Å². The van der Waals surface area contributed by atoms with Gasteiger partial charge in [-0.2, -0.15) is 0 Å². The zero-order chi connectivity index (χ0) is 11.5. The zero-order valence-electron chi connectivity index (χ0n) is 8.31. The van der Waals surface area contributed by atoms with Crippen LogP contribution in [0, 0.1) is 0 Å². The monoisotopic (exact) mass is 277 g/mol. The second kappa shape index (κ2) is 4.98. The second-order valence-corrected chi connectivity index (χ2v) is 5.14. The van der Waals surface area contributed by atoms with Crippen LogP contribution in [0.15, 0.2) is 9.95 Å². The Morgan fingerprint density at radius 1 is 1.62 bits per heavy atom. The van der Waals surface area contributed by atoms with Gasteiger partial charge >= 0.3 is 5.69 Å². The number of nitrogens with one attached hydrogen (secondary N) is 1. The van der Waals surface area contributed by atoms with Gasteiger partial charge in [-0.1, -0.05) is 27.9 Å². The van der Waals surface area contributed by atoms with Crippen molar-refractivity contribution in [1.29, 1.82) is 0 Å². The zero-order valence-corrected chi connectivity index (χ0v) is 10.7. The number of aromatic nitrogens is 5. The normalized spacial score (nSPS) is 10.9. The van der Waals surface area contributed by atoms with Crippen molar-refractivity contribution >= 4 is 34.9 Å². The molecule has 2 aromatic heterocycles. The van der Waals surface area contributed by atoms with Crippen molar-refractivity contribution in [2.45, 2.75) is 24.4 Å². The van der Waals surface area contributed by atoms with Crippen LogP contribution in [0.25, 0.3) is 0 Å². The summed E-state index contributed by atoms with van der Waals surface area (Å²) < 4.78 is 5.86. The van der Waals surface area contributed by atoms with Crippen molar-refractivity contribution in [2.24, 2.45) is 0 Å². The lowest BCUT2D eigenvalue weighted by molar-refractivity contribution is 0.660. The van der Waals surface area contributed by atoms with Crippen molar-refractivity contribution in [3.63, 3.8) is 0 Å². The maximum Gasteiger partial charge on any atom is 0.343 e. The molecule has 0 spiro atoms. The van der Waals surface area contributed by atoms with Crippen molar-refractivity contribution in [2.75, 3.05) is 0 Å². The molecule has 0 aliphatic carbocycles. The lowest BCUT2D eigenvalue weighted by Crippen LogP contribution is -2.16. The van der Waals surface area contributed by atoms with E-state index < -0.39 is 0 Å². The predicted octanol–water partition coefficient (Wildman–Crippen LogP) is 1.39. The van der Waals surface area contributed by atoms with Gasteiger partial charge in [0.1, 0.15) is 10.0 Å². The summed E-state index contributed by atoms with van der Waals surface area (Å²) in [4.78, 5) is 11.3. The van der Waals surface area contributed by atoms with E-state index in [0.717, 1.165) is 17.2 Å². The van der Waals surface area contributed by atoms with Crippen molar-refractivity contribution < 1.29 is 0 Å².